The third-order valence-electron chi connectivity index (χ3n) is 1.81. The van der Waals surface area contributed by atoms with Gasteiger partial charge in [0.2, 0.25) is 0 Å². The molecular formula is C9H19F3FeNRu. The van der Waals surface area contributed by atoms with Gasteiger partial charge in [0.05, 0.1) is 5.92 Å². The van der Waals surface area contributed by atoms with Crippen LogP contribution in [-0.2, 0) is 36.5 Å². The quantitative estimate of drug-likeness (QED) is 0.520. The first-order valence-corrected chi connectivity index (χ1v) is 4.30. The topological polar surface area (TPSA) is 12.0 Å². The minimum Gasteiger partial charge on any atom is -0.358 e. The van der Waals surface area contributed by atoms with Gasteiger partial charge in [-0.15, -0.1) is 0 Å². The second-order valence-electron chi connectivity index (χ2n) is 2.78. The fraction of sp³-hybridized carbons (Fsp3) is 0.889. The third-order valence-corrected chi connectivity index (χ3v) is 1.81. The zero-order valence-electron chi connectivity index (χ0n) is 9.41. The van der Waals surface area contributed by atoms with Crippen LogP contribution >= 0.6 is 0 Å². The SMILES string of the molecule is CC.CC1CC(C(F)(F)F)CN1.[CH3-].[Fe].[Ru+]. The molecule has 0 saturated carbocycles. The van der Waals surface area contributed by atoms with E-state index < -0.39 is 12.1 Å². The van der Waals surface area contributed by atoms with E-state index in [-0.39, 0.29) is 63.0 Å². The van der Waals surface area contributed by atoms with Crippen LogP contribution in [0.2, 0.25) is 0 Å². The Morgan fingerprint density at radius 3 is 1.73 bits per heavy atom. The Morgan fingerprint density at radius 1 is 1.20 bits per heavy atom. The second-order valence-corrected chi connectivity index (χ2v) is 2.78. The summed E-state index contributed by atoms with van der Waals surface area (Å²) in [7, 11) is 0. The van der Waals surface area contributed by atoms with Crippen molar-refractivity contribution in [3.63, 3.8) is 0 Å². The van der Waals surface area contributed by atoms with Crippen LogP contribution in [0.1, 0.15) is 27.2 Å². The molecule has 0 bridgehead atoms. The van der Waals surface area contributed by atoms with Crippen LogP contribution in [0, 0.1) is 13.3 Å². The van der Waals surface area contributed by atoms with Crippen molar-refractivity contribution in [2.75, 3.05) is 6.54 Å². The number of nitrogens with one attached hydrogen (secondary N) is 1. The summed E-state index contributed by atoms with van der Waals surface area (Å²) < 4.78 is 35.7. The van der Waals surface area contributed by atoms with Crippen molar-refractivity contribution in [2.45, 2.75) is 39.4 Å². The molecule has 15 heavy (non-hydrogen) atoms. The van der Waals surface area contributed by atoms with E-state index in [1.807, 2.05) is 13.8 Å². The van der Waals surface area contributed by atoms with E-state index in [1.54, 1.807) is 6.92 Å². The summed E-state index contributed by atoms with van der Waals surface area (Å²) in [6, 6.07) is 0.0200. The molecule has 2 unspecified atom stereocenters. The molecule has 1 nitrogen and oxygen atoms in total. The van der Waals surface area contributed by atoms with E-state index in [0.717, 1.165) is 0 Å². The molecule has 1 aliphatic heterocycles. The van der Waals surface area contributed by atoms with Gasteiger partial charge < -0.3 is 12.7 Å². The van der Waals surface area contributed by atoms with Gasteiger partial charge in [-0.1, -0.05) is 13.8 Å². The molecule has 1 heterocycles. The van der Waals surface area contributed by atoms with Crippen LogP contribution in [0.5, 0.6) is 0 Å². The summed E-state index contributed by atoms with van der Waals surface area (Å²) in [5, 5.41) is 2.76. The molecule has 1 N–H and O–H groups in total. The van der Waals surface area contributed by atoms with Crippen molar-refractivity contribution in [2.24, 2.45) is 5.92 Å². The maximum Gasteiger partial charge on any atom is 1.00 e. The van der Waals surface area contributed by atoms with Crippen molar-refractivity contribution in [1.29, 1.82) is 0 Å². The zero-order valence-corrected chi connectivity index (χ0v) is 12.3. The number of rotatable bonds is 0. The molecule has 1 saturated heterocycles. The summed E-state index contributed by atoms with van der Waals surface area (Å²) in [5.41, 5.74) is 0. The average Bonchev–Trinajstić information content (AvgIpc) is 2.39. The van der Waals surface area contributed by atoms with Crippen molar-refractivity contribution in [1.82, 2.24) is 5.32 Å². The predicted octanol–water partition coefficient (Wildman–Crippen LogP) is 3.02. The fourth-order valence-electron chi connectivity index (χ4n) is 1.19. The van der Waals surface area contributed by atoms with Gasteiger partial charge >= 0.3 is 25.7 Å². The van der Waals surface area contributed by atoms with Crippen LogP contribution in [0.4, 0.5) is 13.2 Å². The zero-order chi connectivity index (χ0) is 9.78. The van der Waals surface area contributed by atoms with Gasteiger partial charge in [0.15, 0.2) is 0 Å². The standard InChI is InChI=1S/C6H10F3N.C2H6.CH3.Fe.Ru/c1-4-2-5(3-10-4)6(7,8)9;1-2;;;/h4-5,10H,2-3H2,1H3;1-2H3;1H3;;/q;;-1;;+1. The van der Waals surface area contributed by atoms with Gasteiger partial charge in [-0.05, 0) is 13.3 Å². The number of hydrogen-bond donors (Lipinski definition) is 1. The van der Waals surface area contributed by atoms with Gasteiger partial charge in [0, 0.05) is 29.7 Å². The minimum atomic E-state index is -4.00. The minimum absolute atomic E-state index is 0. The smallest absolute Gasteiger partial charge is 0.358 e. The van der Waals surface area contributed by atoms with Crippen molar-refractivity contribution in [3.8, 4) is 0 Å². The Morgan fingerprint density at radius 2 is 1.60 bits per heavy atom. The van der Waals surface area contributed by atoms with E-state index in [1.165, 1.54) is 0 Å². The van der Waals surface area contributed by atoms with E-state index in [0.29, 0.717) is 0 Å². The van der Waals surface area contributed by atoms with Crippen LogP contribution < -0.4 is 5.32 Å². The number of alkyl halides is 3. The Kier molecular flexibility index (Phi) is 18.9. The molecule has 0 spiro atoms. The molecule has 0 amide bonds. The molecular weight excluding hydrogens is 336 g/mol. The molecule has 0 aromatic heterocycles. The van der Waals surface area contributed by atoms with Gasteiger partial charge in [-0.2, -0.15) is 13.2 Å². The molecule has 0 aromatic rings. The van der Waals surface area contributed by atoms with Crippen molar-refractivity contribution in [3.05, 3.63) is 7.43 Å². The Labute approximate surface area is 114 Å². The third kappa shape index (κ3) is 9.80. The van der Waals surface area contributed by atoms with Gasteiger partial charge in [0.25, 0.3) is 0 Å². The van der Waals surface area contributed by atoms with Gasteiger partial charge in [-0.25, -0.2) is 0 Å². The second kappa shape index (κ2) is 11.4. The number of halogens is 3. The molecule has 1 rings (SSSR count). The average molecular weight is 355 g/mol. The first-order valence-electron chi connectivity index (χ1n) is 4.30. The summed E-state index contributed by atoms with van der Waals surface area (Å²) in [6.45, 7) is 5.86. The largest absolute Gasteiger partial charge is 1.00 e. The van der Waals surface area contributed by atoms with Crippen molar-refractivity contribution < 1.29 is 49.7 Å². The van der Waals surface area contributed by atoms with Crippen LogP contribution in [-0.4, -0.2) is 18.8 Å². The van der Waals surface area contributed by atoms with Crippen LogP contribution in [0.3, 0.4) is 0 Å². The Hall–Kier alpha value is 0.893. The van der Waals surface area contributed by atoms with Crippen LogP contribution in [0.25, 0.3) is 0 Å². The van der Waals surface area contributed by atoms with E-state index in [4.69, 9.17) is 0 Å². The molecule has 2 atom stereocenters. The Bertz CT molecular complexity index is 133. The molecule has 1 aliphatic rings. The monoisotopic (exact) mass is 356 g/mol. The first kappa shape index (κ1) is 24.9. The first-order chi connectivity index (χ1) is 5.50. The molecule has 6 heteroatoms. The molecule has 1 radical (unpaired) electrons. The predicted molar refractivity (Wildman–Crippen MR) is 49.4 cm³/mol. The normalized spacial score (nSPS) is 23.6. The maximum absolute atomic E-state index is 11.9. The number of hydrogen-bond acceptors (Lipinski definition) is 1. The van der Waals surface area contributed by atoms with E-state index >= 15 is 0 Å². The van der Waals surface area contributed by atoms with Gasteiger partial charge in [-0.3, -0.25) is 0 Å². The molecule has 0 aromatic carbocycles. The molecule has 0 aliphatic carbocycles. The van der Waals surface area contributed by atoms with E-state index in [2.05, 4.69) is 5.32 Å². The van der Waals surface area contributed by atoms with E-state index in [9.17, 15) is 13.2 Å². The maximum atomic E-state index is 11.9. The Balaban J connectivity index is -0.000000114. The summed E-state index contributed by atoms with van der Waals surface area (Å²) >= 11 is 0. The van der Waals surface area contributed by atoms with Gasteiger partial charge in [0.1, 0.15) is 0 Å². The van der Waals surface area contributed by atoms with Crippen LogP contribution in [0.15, 0.2) is 0 Å². The molecule has 97 valence electrons. The fourth-order valence-corrected chi connectivity index (χ4v) is 1.19. The summed E-state index contributed by atoms with van der Waals surface area (Å²) in [5.74, 6) is -1.12. The van der Waals surface area contributed by atoms with Crippen molar-refractivity contribution >= 4 is 0 Å². The molecule has 1 fully saturated rings. The summed E-state index contributed by atoms with van der Waals surface area (Å²) in [6.07, 6.45) is -3.78. The summed E-state index contributed by atoms with van der Waals surface area (Å²) in [4.78, 5) is 0.